The van der Waals surface area contributed by atoms with Gasteiger partial charge < -0.3 is 14.8 Å². The summed E-state index contributed by atoms with van der Waals surface area (Å²) in [6.45, 7) is 14.3. The van der Waals surface area contributed by atoms with E-state index in [1.807, 2.05) is 38.1 Å². The van der Waals surface area contributed by atoms with Gasteiger partial charge in [0.15, 0.2) is 5.78 Å². The fraction of sp³-hybridized carbons (Fsp3) is 0.643. The van der Waals surface area contributed by atoms with E-state index in [0.717, 1.165) is 11.1 Å². The van der Waals surface area contributed by atoms with E-state index in [1.165, 1.54) is 0 Å². The van der Waals surface area contributed by atoms with Crippen LogP contribution in [0.1, 0.15) is 85.8 Å². The molecule has 0 bridgehead atoms. The van der Waals surface area contributed by atoms with E-state index in [9.17, 15) is 19.2 Å². The molecule has 0 spiro atoms. The van der Waals surface area contributed by atoms with E-state index < -0.39 is 41.0 Å². The van der Waals surface area contributed by atoms with Crippen LogP contribution < -0.4 is 5.32 Å². The van der Waals surface area contributed by atoms with Crippen molar-refractivity contribution in [2.75, 3.05) is 0 Å². The number of carbonyl (C=O) groups is 4. The number of rotatable bonds is 12. The largest absolute Gasteiger partial charge is 0.460 e. The summed E-state index contributed by atoms with van der Waals surface area (Å²) < 4.78 is 10.8. The maximum atomic E-state index is 13.2. The molecule has 7 nitrogen and oxygen atoms in total. The minimum atomic E-state index is -0.888. The molecule has 1 amide bonds. The Hall–Kier alpha value is -2.22. The van der Waals surface area contributed by atoms with E-state index >= 15 is 0 Å². The summed E-state index contributed by atoms with van der Waals surface area (Å²) in [7, 11) is 0. The van der Waals surface area contributed by atoms with Crippen LogP contribution in [0.5, 0.6) is 0 Å². The van der Waals surface area contributed by atoms with E-state index in [1.54, 1.807) is 41.5 Å². The van der Waals surface area contributed by atoms with Crippen molar-refractivity contribution in [2.45, 2.75) is 104 Å². The Balaban J connectivity index is 3.02. The second-order valence-corrected chi connectivity index (χ2v) is 12.0. The Morgan fingerprint density at radius 1 is 0.861 bits per heavy atom. The Kier molecular flexibility index (Phi) is 12.3. The molecule has 0 unspecified atom stereocenters. The molecule has 202 valence electrons. The predicted molar refractivity (Wildman–Crippen MR) is 144 cm³/mol. The lowest BCUT2D eigenvalue weighted by Crippen LogP contribution is -2.46. The molecule has 0 heterocycles. The fourth-order valence-corrected chi connectivity index (χ4v) is 3.89. The monoisotopic (exact) mass is 567 g/mol. The minimum Gasteiger partial charge on any atom is -0.460 e. The van der Waals surface area contributed by atoms with E-state index in [-0.39, 0.29) is 37.4 Å². The van der Waals surface area contributed by atoms with E-state index in [4.69, 9.17) is 9.47 Å². The van der Waals surface area contributed by atoms with Crippen molar-refractivity contribution in [3.05, 3.63) is 35.4 Å². The molecule has 0 radical (unpaired) electrons. The maximum Gasteiger partial charge on any atom is 0.307 e. The Morgan fingerprint density at radius 2 is 1.36 bits per heavy atom. The zero-order valence-electron chi connectivity index (χ0n) is 22.9. The summed E-state index contributed by atoms with van der Waals surface area (Å²) in [6.07, 6.45) is 0.104. The van der Waals surface area contributed by atoms with Crippen molar-refractivity contribution in [1.82, 2.24) is 5.32 Å². The molecule has 0 fully saturated rings. The molecule has 0 aliphatic heterocycles. The van der Waals surface area contributed by atoms with Crippen LogP contribution in [0.3, 0.4) is 0 Å². The third kappa shape index (κ3) is 12.7. The number of Topliss-reactive ketones (excluding diaryl/α,β-unsaturated/α-hetero) is 1. The minimum absolute atomic E-state index is 0.0190. The highest BCUT2D eigenvalue weighted by Crippen LogP contribution is 2.20. The van der Waals surface area contributed by atoms with Gasteiger partial charge in [0.2, 0.25) is 5.91 Å². The second-order valence-electron chi connectivity index (χ2n) is 11.4. The summed E-state index contributed by atoms with van der Waals surface area (Å²) in [5, 5.41) is 3.53. The molecule has 0 aliphatic carbocycles. The van der Waals surface area contributed by atoms with Crippen LogP contribution in [-0.2, 0) is 40.4 Å². The lowest BCUT2D eigenvalue weighted by Gasteiger charge is -2.26. The lowest BCUT2D eigenvalue weighted by molar-refractivity contribution is -0.158. The van der Waals surface area contributed by atoms with Crippen LogP contribution in [0.4, 0.5) is 0 Å². The second kappa shape index (κ2) is 13.9. The van der Waals surface area contributed by atoms with Gasteiger partial charge in [-0.2, -0.15) is 0 Å². The van der Waals surface area contributed by atoms with Crippen LogP contribution in [-0.4, -0.2) is 40.9 Å². The number of nitrogens with one attached hydrogen (secondary N) is 1. The van der Waals surface area contributed by atoms with Crippen molar-refractivity contribution >= 4 is 39.6 Å². The molecule has 2 atom stereocenters. The number of hydrogen-bond acceptors (Lipinski definition) is 6. The average Bonchev–Trinajstić information content (AvgIpc) is 2.72. The first-order valence-corrected chi connectivity index (χ1v) is 13.5. The number of halogens is 1. The van der Waals surface area contributed by atoms with Crippen molar-refractivity contribution in [2.24, 2.45) is 11.8 Å². The van der Waals surface area contributed by atoms with Gasteiger partial charge in [-0.1, -0.05) is 54.0 Å². The Bertz CT molecular complexity index is 896. The molecular weight excluding hydrogens is 526 g/mol. The number of carbonyl (C=O) groups excluding carboxylic acids is 4. The number of esters is 2. The zero-order valence-corrected chi connectivity index (χ0v) is 24.5. The van der Waals surface area contributed by atoms with Gasteiger partial charge in [0, 0.05) is 18.2 Å². The van der Waals surface area contributed by atoms with Crippen molar-refractivity contribution in [3.8, 4) is 0 Å². The van der Waals surface area contributed by atoms with Gasteiger partial charge in [-0.05, 0) is 65.0 Å². The molecule has 0 saturated carbocycles. The molecular formula is C28H42BrNO6. The van der Waals surface area contributed by atoms with Gasteiger partial charge in [-0.25, -0.2) is 0 Å². The van der Waals surface area contributed by atoms with Crippen LogP contribution in [0.25, 0.3) is 0 Å². The molecule has 1 rings (SSSR count). The molecule has 1 N–H and O–H groups in total. The Labute approximate surface area is 224 Å². The fourth-order valence-electron chi connectivity index (χ4n) is 3.51. The van der Waals surface area contributed by atoms with Gasteiger partial charge in [0.05, 0.1) is 18.4 Å². The van der Waals surface area contributed by atoms with Crippen molar-refractivity contribution in [3.63, 3.8) is 0 Å². The molecule has 36 heavy (non-hydrogen) atoms. The van der Waals surface area contributed by atoms with Crippen LogP contribution >= 0.6 is 15.9 Å². The number of amides is 1. The number of ether oxygens (including phenoxy) is 2. The first-order valence-electron chi connectivity index (χ1n) is 12.4. The van der Waals surface area contributed by atoms with Gasteiger partial charge in [-0.15, -0.1) is 0 Å². The summed E-state index contributed by atoms with van der Waals surface area (Å²) in [5.41, 5.74) is 0.594. The predicted octanol–water partition coefficient (Wildman–Crippen LogP) is 5.30. The third-order valence-corrected chi connectivity index (χ3v) is 5.91. The maximum absolute atomic E-state index is 13.2. The topological polar surface area (TPSA) is 98.8 Å². The molecule has 0 aliphatic rings. The van der Waals surface area contributed by atoms with Gasteiger partial charge in [-0.3, -0.25) is 19.2 Å². The number of benzene rings is 1. The van der Waals surface area contributed by atoms with Crippen molar-refractivity contribution < 1.29 is 28.7 Å². The lowest BCUT2D eigenvalue weighted by atomic mass is 9.90. The summed E-state index contributed by atoms with van der Waals surface area (Å²) in [5.74, 6) is -2.36. The molecule has 1 aromatic rings. The van der Waals surface area contributed by atoms with Crippen LogP contribution in [0, 0.1) is 11.8 Å². The smallest absolute Gasteiger partial charge is 0.307 e. The molecule has 0 aromatic heterocycles. The molecule has 0 saturated heterocycles. The van der Waals surface area contributed by atoms with Gasteiger partial charge in [0.1, 0.15) is 11.2 Å². The highest BCUT2D eigenvalue weighted by molar-refractivity contribution is 9.08. The normalized spacial score (nSPS) is 13.6. The first-order chi connectivity index (χ1) is 16.5. The highest BCUT2D eigenvalue weighted by Gasteiger charge is 2.31. The number of ketones is 1. The van der Waals surface area contributed by atoms with E-state index in [0.29, 0.717) is 5.33 Å². The number of alkyl halides is 1. The van der Waals surface area contributed by atoms with Crippen molar-refractivity contribution in [1.29, 1.82) is 0 Å². The number of hydrogen-bond donors (Lipinski definition) is 1. The van der Waals surface area contributed by atoms with Crippen LogP contribution in [0.15, 0.2) is 24.3 Å². The summed E-state index contributed by atoms with van der Waals surface area (Å²) >= 11 is 3.40. The molecule has 8 heteroatoms. The summed E-state index contributed by atoms with van der Waals surface area (Å²) in [6, 6.07) is 6.73. The Morgan fingerprint density at radius 3 is 1.83 bits per heavy atom. The standard InChI is InChI=1S/C28H42BrNO6/c1-18(2)21(16-25(33)36-28(6,7)8)26(34)30-22(13-14-24(32)35-27(3,4)5)23(31)15-19-9-11-20(17-29)12-10-19/h9-12,18,21-22H,13-17H2,1-8H3,(H,30,34)/t21-,22-/m0/s1. The summed E-state index contributed by atoms with van der Waals surface area (Å²) in [4.78, 5) is 51.2. The quantitative estimate of drug-likeness (QED) is 0.271. The van der Waals surface area contributed by atoms with Gasteiger partial charge >= 0.3 is 11.9 Å². The SMILES string of the molecule is CC(C)[C@H](CC(=O)OC(C)(C)C)C(=O)N[C@@H](CCC(=O)OC(C)(C)C)C(=O)Cc1ccc(CBr)cc1. The highest BCUT2D eigenvalue weighted by atomic mass is 79.9. The zero-order chi connectivity index (χ0) is 27.7. The average molecular weight is 569 g/mol. The van der Waals surface area contributed by atoms with Gasteiger partial charge in [0.25, 0.3) is 0 Å². The molecule has 1 aromatic carbocycles. The van der Waals surface area contributed by atoms with E-state index in [2.05, 4.69) is 21.2 Å². The first kappa shape index (κ1) is 31.8. The van der Waals surface area contributed by atoms with Crippen LogP contribution in [0.2, 0.25) is 0 Å². The third-order valence-electron chi connectivity index (χ3n) is 5.27.